The number of anilines is 1. The Labute approximate surface area is 223 Å². The van der Waals surface area contributed by atoms with Crippen molar-refractivity contribution in [2.75, 3.05) is 31.5 Å². The first kappa shape index (κ1) is 28.4. The van der Waals surface area contributed by atoms with E-state index < -0.39 is 41.8 Å². The number of hydrogen-bond donors (Lipinski definition) is 5. The van der Waals surface area contributed by atoms with Gasteiger partial charge in [0, 0.05) is 44.4 Å². The lowest BCUT2D eigenvalue weighted by molar-refractivity contribution is -0.146. The summed E-state index contributed by atoms with van der Waals surface area (Å²) in [6, 6.07) is 12.8. The van der Waals surface area contributed by atoms with E-state index in [0.717, 1.165) is 12.5 Å². The zero-order chi connectivity index (χ0) is 28.4. The van der Waals surface area contributed by atoms with Crippen molar-refractivity contribution in [3.63, 3.8) is 0 Å². The molecule has 0 bridgehead atoms. The summed E-state index contributed by atoms with van der Waals surface area (Å²) >= 11 is 0. The molecule has 1 heterocycles. The Hall–Kier alpha value is -5.14. The van der Waals surface area contributed by atoms with Crippen LogP contribution in [0.15, 0.2) is 54.6 Å². The maximum Gasteiger partial charge on any atom is 0.410 e. The van der Waals surface area contributed by atoms with Gasteiger partial charge in [-0.15, -0.1) is 0 Å². The van der Waals surface area contributed by atoms with Crippen molar-refractivity contribution in [3.05, 3.63) is 65.7 Å². The zero-order valence-corrected chi connectivity index (χ0v) is 21.1. The van der Waals surface area contributed by atoms with E-state index in [4.69, 9.17) is 15.9 Å². The van der Waals surface area contributed by atoms with Crippen molar-refractivity contribution in [2.24, 2.45) is 5.73 Å². The van der Waals surface area contributed by atoms with Crippen molar-refractivity contribution >= 4 is 41.4 Å². The van der Waals surface area contributed by atoms with Crippen LogP contribution < -0.4 is 21.8 Å². The van der Waals surface area contributed by atoms with E-state index in [-0.39, 0.29) is 44.0 Å². The van der Waals surface area contributed by atoms with Gasteiger partial charge in [-0.3, -0.25) is 19.8 Å². The lowest BCUT2D eigenvalue weighted by atomic mass is 10.1. The van der Waals surface area contributed by atoms with E-state index in [9.17, 15) is 24.0 Å². The molecule has 5 amide bonds. The first-order valence-corrected chi connectivity index (χ1v) is 11.9. The highest BCUT2D eigenvalue weighted by atomic mass is 16.7. The zero-order valence-electron chi connectivity index (χ0n) is 21.1. The first-order valence-electron chi connectivity index (χ1n) is 11.9. The highest BCUT2D eigenvalue weighted by molar-refractivity contribution is 6.12. The number of amidine groups is 1. The number of hydroxylamine groups is 1. The van der Waals surface area contributed by atoms with Crippen LogP contribution in [0, 0.1) is 5.41 Å². The van der Waals surface area contributed by atoms with E-state index in [0.29, 0.717) is 0 Å². The van der Waals surface area contributed by atoms with Gasteiger partial charge >= 0.3 is 18.1 Å². The topological polar surface area (TPSA) is 196 Å². The second-order valence-electron chi connectivity index (χ2n) is 8.45. The van der Waals surface area contributed by atoms with Gasteiger partial charge in [0.15, 0.2) is 6.04 Å². The molecule has 0 spiro atoms. The fraction of sp³-hybridized carbons (Fsp3) is 0.280. The molecule has 1 fully saturated rings. The van der Waals surface area contributed by atoms with E-state index in [2.05, 4.69) is 15.5 Å². The second kappa shape index (κ2) is 13.4. The van der Waals surface area contributed by atoms with Gasteiger partial charge in [-0.2, -0.15) is 5.48 Å². The maximum absolute atomic E-state index is 12.8. The Morgan fingerprint density at radius 1 is 0.974 bits per heavy atom. The molecule has 14 nitrogen and oxygen atoms in total. The molecule has 0 saturated carbocycles. The van der Waals surface area contributed by atoms with Gasteiger partial charge in [0.2, 0.25) is 0 Å². The minimum absolute atomic E-state index is 0.0811. The van der Waals surface area contributed by atoms with Crippen LogP contribution in [-0.4, -0.2) is 77.8 Å². The molecular formula is C25H29N7O7. The van der Waals surface area contributed by atoms with Gasteiger partial charge in [-0.1, -0.05) is 36.4 Å². The van der Waals surface area contributed by atoms with Crippen molar-refractivity contribution in [1.29, 1.82) is 5.41 Å². The van der Waals surface area contributed by atoms with Gasteiger partial charge in [0.1, 0.15) is 12.4 Å². The molecule has 2 aromatic rings. The fourth-order valence-electron chi connectivity index (χ4n) is 3.53. The first-order chi connectivity index (χ1) is 18.6. The molecule has 0 radical (unpaired) electrons. The minimum Gasteiger partial charge on any atom is -0.445 e. The molecule has 206 valence electrons. The minimum atomic E-state index is -1.50. The van der Waals surface area contributed by atoms with Crippen LogP contribution in [0.3, 0.4) is 0 Å². The molecule has 1 aliphatic heterocycles. The number of ether oxygens (including phenoxy) is 1. The molecular weight excluding hydrogens is 510 g/mol. The quantitative estimate of drug-likeness (QED) is 0.193. The predicted molar refractivity (Wildman–Crippen MR) is 138 cm³/mol. The Morgan fingerprint density at radius 3 is 2.28 bits per heavy atom. The summed E-state index contributed by atoms with van der Waals surface area (Å²) in [6.07, 6.45) is -0.497. The summed E-state index contributed by atoms with van der Waals surface area (Å²) in [6.45, 7) is 2.06. The Balaban J connectivity index is 1.51. The van der Waals surface area contributed by atoms with Crippen LogP contribution in [-0.2, 0) is 25.8 Å². The van der Waals surface area contributed by atoms with Crippen LogP contribution >= 0.6 is 0 Å². The van der Waals surface area contributed by atoms with Gasteiger partial charge in [-0.25, -0.2) is 9.59 Å². The average Bonchev–Trinajstić information content (AvgIpc) is 2.93. The summed E-state index contributed by atoms with van der Waals surface area (Å²) in [5.41, 5.74) is 8.64. The number of urea groups is 1. The third-order valence-corrected chi connectivity index (χ3v) is 5.55. The van der Waals surface area contributed by atoms with Crippen molar-refractivity contribution in [1.82, 2.24) is 20.6 Å². The molecule has 1 atom stereocenters. The molecule has 0 aromatic heterocycles. The number of nitrogens with two attached hydrogens (primary N) is 1. The molecule has 1 unspecified atom stereocenters. The number of benzene rings is 2. The predicted octanol–water partition coefficient (Wildman–Crippen LogP) is 0.802. The van der Waals surface area contributed by atoms with Crippen LogP contribution in [0.2, 0.25) is 0 Å². The van der Waals surface area contributed by atoms with Crippen molar-refractivity contribution < 1.29 is 33.5 Å². The average molecular weight is 540 g/mol. The summed E-state index contributed by atoms with van der Waals surface area (Å²) in [7, 11) is 0. The summed E-state index contributed by atoms with van der Waals surface area (Å²) in [5, 5.41) is 12.7. The van der Waals surface area contributed by atoms with Crippen molar-refractivity contribution in [2.45, 2.75) is 19.6 Å². The van der Waals surface area contributed by atoms with Gasteiger partial charge in [-0.05, 0) is 23.8 Å². The van der Waals surface area contributed by atoms with Crippen LogP contribution in [0.25, 0.3) is 0 Å². The maximum atomic E-state index is 12.8. The number of nitrogens with zero attached hydrogens (tertiary/aromatic N) is 2. The number of nitrogens with one attached hydrogen (secondary N) is 4. The number of hydrogen-bond acceptors (Lipinski definition) is 8. The molecule has 2 aromatic carbocycles. The van der Waals surface area contributed by atoms with Crippen LogP contribution in [0.4, 0.5) is 15.3 Å². The Bertz CT molecular complexity index is 1230. The highest BCUT2D eigenvalue weighted by Crippen LogP contribution is 2.12. The molecule has 14 heteroatoms. The van der Waals surface area contributed by atoms with Gasteiger partial charge in [0.25, 0.3) is 11.8 Å². The number of piperazine rings is 1. The molecule has 0 aliphatic carbocycles. The molecule has 1 saturated heterocycles. The summed E-state index contributed by atoms with van der Waals surface area (Å²) < 4.78 is 5.32. The largest absolute Gasteiger partial charge is 0.445 e. The van der Waals surface area contributed by atoms with Crippen molar-refractivity contribution in [3.8, 4) is 0 Å². The lowest BCUT2D eigenvalue weighted by Gasteiger charge is -2.34. The van der Waals surface area contributed by atoms with Gasteiger partial charge < -0.3 is 35.7 Å². The summed E-state index contributed by atoms with van der Waals surface area (Å²) in [4.78, 5) is 68.2. The standard InChI is InChI=1S/C25H29N7O7/c1-16(33)39-30-22(34)18-8-5-9-19(14-18)28-23(35)20(21(26)27)29-24(36)31-10-12-32(13-11-31)25(37)38-15-17-6-3-2-4-7-17/h2-9,14,20H,10-13,15H2,1H3,(H3,26,27)(H,28,35)(H,29,36)(H,30,34). The van der Waals surface area contributed by atoms with E-state index in [1.807, 2.05) is 35.8 Å². The number of rotatable bonds is 7. The normalized spacial score (nSPS) is 13.5. The van der Waals surface area contributed by atoms with E-state index in [1.165, 1.54) is 34.1 Å². The number of carbonyl (C=O) groups is 5. The number of carbonyl (C=O) groups excluding carboxylic acids is 5. The SMILES string of the molecule is CC(=O)ONC(=O)c1cccc(NC(=O)C(NC(=O)N2CCN(C(=O)OCc3ccccc3)CC2)C(=N)N)c1. The van der Waals surface area contributed by atoms with Crippen LogP contribution in [0.1, 0.15) is 22.8 Å². The second-order valence-corrected chi connectivity index (χ2v) is 8.45. The third-order valence-electron chi connectivity index (χ3n) is 5.55. The summed E-state index contributed by atoms with van der Waals surface area (Å²) in [5.74, 6) is -2.85. The third kappa shape index (κ3) is 8.45. The fourth-order valence-corrected chi connectivity index (χ4v) is 3.53. The highest BCUT2D eigenvalue weighted by Gasteiger charge is 2.29. The molecule has 6 N–H and O–H groups in total. The van der Waals surface area contributed by atoms with Crippen LogP contribution in [0.5, 0.6) is 0 Å². The van der Waals surface area contributed by atoms with E-state index in [1.54, 1.807) is 0 Å². The Kier molecular flexibility index (Phi) is 9.78. The smallest absolute Gasteiger partial charge is 0.410 e. The van der Waals surface area contributed by atoms with Gasteiger partial charge in [0.05, 0.1) is 0 Å². The molecule has 3 rings (SSSR count). The van der Waals surface area contributed by atoms with E-state index >= 15 is 0 Å². The Morgan fingerprint density at radius 2 is 1.64 bits per heavy atom. The monoisotopic (exact) mass is 539 g/mol. The molecule has 1 aliphatic rings. The number of amides is 5. The lowest BCUT2D eigenvalue weighted by Crippen LogP contribution is -2.58. The molecule has 39 heavy (non-hydrogen) atoms.